The highest BCUT2D eigenvalue weighted by molar-refractivity contribution is 7.99. The Morgan fingerprint density at radius 3 is 2.43 bits per heavy atom. The second-order valence-electron chi connectivity index (χ2n) is 7.37. The van der Waals surface area contributed by atoms with Crippen molar-refractivity contribution >= 4 is 29.3 Å². The molecule has 2 rings (SSSR count). The molecule has 2 aromatic carbocycles. The Morgan fingerprint density at radius 2 is 1.80 bits per heavy atom. The highest BCUT2D eigenvalue weighted by Gasteiger charge is 2.21. The fourth-order valence-corrected chi connectivity index (χ4v) is 3.87. The lowest BCUT2D eigenvalue weighted by Gasteiger charge is -2.14. The average molecular weight is 430 g/mol. The Morgan fingerprint density at radius 1 is 1.10 bits per heavy atom. The topological polar surface area (TPSA) is 101 Å². The molecule has 0 fully saturated rings. The van der Waals surface area contributed by atoms with Crippen molar-refractivity contribution in [2.75, 3.05) is 5.75 Å². The number of benzene rings is 2. The van der Waals surface area contributed by atoms with Crippen LogP contribution >= 0.6 is 11.8 Å². The van der Waals surface area contributed by atoms with Crippen LogP contribution in [0.5, 0.6) is 0 Å². The zero-order valence-corrected chi connectivity index (χ0v) is 18.2. The molecule has 7 nitrogen and oxygen atoms in total. The summed E-state index contributed by atoms with van der Waals surface area (Å²) in [4.78, 5) is 36.2. The monoisotopic (exact) mass is 429 g/mol. The maximum absolute atomic E-state index is 12.5. The van der Waals surface area contributed by atoms with Gasteiger partial charge in [0.1, 0.15) is 6.04 Å². The second-order valence-corrected chi connectivity index (χ2v) is 8.51. The summed E-state index contributed by atoms with van der Waals surface area (Å²) in [6.45, 7) is 6.12. The van der Waals surface area contributed by atoms with E-state index in [1.54, 1.807) is 19.1 Å². The van der Waals surface area contributed by atoms with Gasteiger partial charge in [-0.25, -0.2) is 0 Å². The maximum atomic E-state index is 12.5. The normalized spacial score (nSPS) is 11.7. The standard InChI is InChI=1S/C22H27N3O4S/c1-15(2)11-12-30-20-10-9-18(13-19(20)25(28)29)22(27)24-16(3)21(26)23-14-17-7-5-4-6-8-17/h4-10,13,15-16H,11-12,14H2,1-3H3,(H,23,26)(H,24,27). The lowest BCUT2D eigenvalue weighted by atomic mass is 10.1. The molecule has 0 aliphatic heterocycles. The van der Waals surface area contributed by atoms with E-state index < -0.39 is 16.9 Å². The Bertz CT molecular complexity index is 887. The van der Waals surface area contributed by atoms with Crippen molar-refractivity contribution in [3.63, 3.8) is 0 Å². The predicted octanol–water partition coefficient (Wildman–Crippen LogP) is 4.17. The Hall–Kier alpha value is -2.87. The minimum Gasteiger partial charge on any atom is -0.350 e. The second kappa shape index (κ2) is 11.3. The summed E-state index contributed by atoms with van der Waals surface area (Å²) >= 11 is 1.41. The summed E-state index contributed by atoms with van der Waals surface area (Å²) in [7, 11) is 0. The van der Waals surface area contributed by atoms with E-state index >= 15 is 0 Å². The molecule has 2 aromatic rings. The van der Waals surface area contributed by atoms with Gasteiger partial charge in [-0.2, -0.15) is 0 Å². The van der Waals surface area contributed by atoms with Crippen LogP contribution in [0.3, 0.4) is 0 Å². The highest BCUT2D eigenvalue weighted by atomic mass is 32.2. The molecule has 1 unspecified atom stereocenters. The fourth-order valence-electron chi connectivity index (χ4n) is 2.61. The molecule has 0 aromatic heterocycles. The molecule has 0 saturated carbocycles. The van der Waals surface area contributed by atoms with Crippen LogP contribution in [0, 0.1) is 16.0 Å². The van der Waals surface area contributed by atoms with Crippen molar-refractivity contribution in [2.45, 2.75) is 44.7 Å². The SMILES string of the molecule is CC(C)CCSc1ccc(C(=O)NC(C)C(=O)NCc2ccccc2)cc1[N+](=O)[O-]. The van der Waals surface area contributed by atoms with E-state index in [2.05, 4.69) is 24.5 Å². The third-order valence-corrected chi connectivity index (χ3v) is 5.52. The number of carbonyl (C=O) groups excluding carboxylic acids is 2. The third-order valence-electron chi connectivity index (χ3n) is 4.42. The smallest absolute Gasteiger partial charge is 0.283 e. The van der Waals surface area contributed by atoms with Gasteiger partial charge in [0.05, 0.1) is 9.82 Å². The molecule has 0 heterocycles. The van der Waals surface area contributed by atoms with Crippen LogP contribution in [0.4, 0.5) is 5.69 Å². The van der Waals surface area contributed by atoms with E-state index in [9.17, 15) is 19.7 Å². The van der Waals surface area contributed by atoms with E-state index in [1.807, 2.05) is 30.3 Å². The van der Waals surface area contributed by atoms with Crippen molar-refractivity contribution in [3.05, 3.63) is 69.8 Å². The molecule has 160 valence electrons. The minimum absolute atomic E-state index is 0.0995. The number of nitrogens with one attached hydrogen (secondary N) is 2. The van der Waals surface area contributed by atoms with Crippen LogP contribution in [0.15, 0.2) is 53.4 Å². The van der Waals surface area contributed by atoms with E-state index in [-0.39, 0.29) is 17.2 Å². The van der Waals surface area contributed by atoms with Crippen molar-refractivity contribution < 1.29 is 14.5 Å². The van der Waals surface area contributed by atoms with Gasteiger partial charge < -0.3 is 10.6 Å². The predicted molar refractivity (Wildman–Crippen MR) is 118 cm³/mol. The number of rotatable bonds is 10. The Kier molecular flexibility index (Phi) is 8.86. The molecule has 1 atom stereocenters. The molecule has 2 amide bonds. The molecule has 0 aliphatic rings. The number of nitro groups is 1. The number of carbonyl (C=O) groups is 2. The van der Waals surface area contributed by atoms with Crippen LogP contribution in [0.2, 0.25) is 0 Å². The van der Waals surface area contributed by atoms with E-state index in [1.165, 1.54) is 17.8 Å². The summed E-state index contributed by atoms with van der Waals surface area (Å²) in [6, 6.07) is 13.1. The van der Waals surface area contributed by atoms with Crippen molar-refractivity contribution in [1.29, 1.82) is 0 Å². The Balaban J connectivity index is 1.98. The zero-order chi connectivity index (χ0) is 22.1. The van der Waals surface area contributed by atoms with Crippen molar-refractivity contribution in [3.8, 4) is 0 Å². The van der Waals surface area contributed by atoms with Gasteiger partial charge >= 0.3 is 0 Å². The summed E-state index contributed by atoms with van der Waals surface area (Å²) in [5, 5.41) is 16.8. The number of thioether (sulfide) groups is 1. The maximum Gasteiger partial charge on any atom is 0.283 e. The molecule has 0 saturated heterocycles. The first kappa shape index (κ1) is 23.4. The first-order valence-corrected chi connectivity index (χ1v) is 10.8. The van der Waals surface area contributed by atoms with Crippen LogP contribution in [-0.4, -0.2) is 28.5 Å². The van der Waals surface area contributed by atoms with Gasteiger partial charge in [-0.15, -0.1) is 11.8 Å². The quantitative estimate of drug-likeness (QED) is 0.335. The van der Waals surface area contributed by atoms with Crippen LogP contribution < -0.4 is 10.6 Å². The summed E-state index contributed by atoms with van der Waals surface area (Å²) in [5.74, 6) is 0.417. The third kappa shape index (κ3) is 7.18. The van der Waals surface area contributed by atoms with Crippen LogP contribution in [0.1, 0.15) is 43.1 Å². The van der Waals surface area contributed by atoms with Gasteiger partial charge in [0.25, 0.3) is 11.6 Å². The fraction of sp³-hybridized carbons (Fsp3) is 0.364. The van der Waals surface area contributed by atoms with Gasteiger partial charge in [0, 0.05) is 18.2 Å². The average Bonchev–Trinajstić information content (AvgIpc) is 2.72. The Labute approximate surface area is 180 Å². The van der Waals surface area contributed by atoms with Gasteiger partial charge in [-0.05, 0) is 42.7 Å². The summed E-state index contributed by atoms with van der Waals surface area (Å²) in [5.41, 5.74) is 1.00. The number of hydrogen-bond donors (Lipinski definition) is 2. The molecule has 0 spiro atoms. The van der Waals surface area contributed by atoms with Crippen LogP contribution in [0.25, 0.3) is 0 Å². The largest absolute Gasteiger partial charge is 0.350 e. The summed E-state index contributed by atoms with van der Waals surface area (Å²) in [6.07, 6.45) is 0.944. The van der Waals surface area contributed by atoms with Gasteiger partial charge in [-0.1, -0.05) is 44.2 Å². The van der Waals surface area contributed by atoms with Gasteiger partial charge in [0.15, 0.2) is 0 Å². The lowest BCUT2D eigenvalue weighted by molar-refractivity contribution is -0.387. The van der Waals surface area contributed by atoms with Crippen molar-refractivity contribution in [2.24, 2.45) is 5.92 Å². The molecule has 2 N–H and O–H groups in total. The van der Waals surface area contributed by atoms with Crippen LogP contribution in [-0.2, 0) is 11.3 Å². The molecule has 0 aliphatic carbocycles. The molecule has 0 bridgehead atoms. The summed E-state index contributed by atoms with van der Waals surface area (Å²) < 4.78 is 0. The molecular formula is C22H27N3O4S. The number of nitro benzene ring substituents is 1. The number of hydrogen-bond acceptors (Lipinski definition) is 5. The first-order valence-electron chi connectivity index (χ1n) is 9.81. The van der Waals surface area contributed by atoms with E-state index in [0.29, 0.717) is 17.4 Å². The van der Waals surface area contributed by atoms with E-state index in [4.69, 9.17) is 0 Å². The minimum atomic E-state index is -0.777. The number of amides is 2. The molecule has 8 heteroatoms. The first-order chi connectivity index (χ1) is 14.3. The van der Waals surface area contributed by atoms with Gasteiger partial charge in [0.2, 0.25) is 5.91 Å². The molecule has 0 radical (unpaired) electrons. The molecular weight excluding hydrogens is 402 g/mol. The molecule has 30 heavy (non-hydrogen) atoms. The lowest BCUT2D eigenvalue weighted by Crippen LogP contribution is -2.44. The number of nitrogens with zero attached hydrogens (tertiary/aromatic N) is 1. The van der Waals surface area contributed by atoms with Gasteiger partial charge in [-0.3, -0.25) is 19.7 Å². The van der Waals surface area contributed by atoms with Crippen molar-refractivity contribution in [1.82, 2.24) is 10.6 Å². The van der Waals surface area contributed by atoms with E-state index in [0.717, 1.165) is 17.7 Å². The highest BCUT2D eigenvalue weighted by Crippen LogP contribution is 2.31. The zero-order valence-electron chi connectivity index (χ0n) is 17.4.